The number of nitrogens with zero attached hydrogens (tertiary/aromatic N) is 1. The number of esters is 1. The second-order valence-corrected chi connectivity index (χ2v) is 8.35. The maximum absolute atomic E-state index is 12.2. The molecule has 2 rings (SSSR count). The van der Waals surface area contributed by atoms with Gasteiger partial charge in [0.25, 0.3) is 5.56 Å². The summed E-state index contributed by atoms with van der Waals surface area (Å²) in [5, 5.41) is 23.3. The second-order valence-electron chi connectivity index (χ2n) is 7.32. The third kappa shape index (κ3) is 5.46. The van der Waals surface area contributed by atoms with E-state index in [4.69, 9.17) is 20.4 Å². The molecule has 0 radical (unpaired) electrons. The SMILES string of the molecule is C#C[C@]1(CO[P+](=O)N[C@@H](C)C(=O)OC(C)C)O[C@@H](n2cc(C)c(=O)[nH]c2=O)C(O)C1O. The van der Waals surface area contributed by atoms with Crippen molar-refractivity contribution in [1.82, 2.24) is 14.6 Å². The van der Waals surface area contributed by atoms with Gasteiger partial charge in [-0.05, 0) is 32.3 Å². The number of hydrogen-bond acceptors (Lipinski definition) is 9. The van der Waals surface area contributed by atoms with Crippen molar-refractivity contribution in [2.24, 2.45) is 0 Å². The Hall–Kier alpha value is -2.39. The molecule has 1 aromatic rings. The molecule has 0 amide bonds. The molecule has 6 atom stereocenters. The molecule has 3 unspecified atom stereocenters. The standard InChI is InChI=1S/C18H24N3O9P/c1-6-18(8-28-31(27)20-11(5)16(25)29-9(2)3)13(23)12(22)15(30-18)21-7-10(4)14(24)19-17(21)26/h1,7,9,11-13,15,22-23H,8H2,2-5H3,(H-,19,20,24,26,27)/p+1/t11-,12?,13?,15+,18+/m0/s1. The molecule has 1 aromatic heterocycles. The molecule has 2 heterocycles. The fraction of sp³-hybridized carbons (Fsp3) is 0.611. The van der Waals surface area contributed by atoms with Crippen LogP contribution >= 0.6 is 8.18 Å². The van der Waals surface area contributed by atoms with Crippen LogP contribution in [0.4, 0.5) is 0 Å². The fourth-order valence-corrected chi connectivity index (χ4v) is 3.61. The zero-order valence-corrected chi connectivity index (χ0v) is 18.3. The minimum Gasteiger partial charge on any atom is -0.462 e. The van der Waals surface area contributed by atoms with E-state index in [0.29, 0.717) is 0 Å². The highest BCUT2D eigenvalue weighted by molar-refractivity contribution is 7.36. The number of rotatable bonds is 8. The second kappa shape index (κ2) is 9.82. The Morgan fingerprint density at radius 3 is 2.68 bits per heavy atom. The minimum absolute atomic E-state index is 0.161. The number of aliphatic hydroxyl groups excluding tert-OH is 2. The first-order valence-corrected chi connectivity index (χ1v) is 10.5. The highest BCUT2D eigenvalue weighted by Crippen LogP contribution is 2.38. The summed E-state index contributed by atoms with van der Waals surface area (Å²) in [6.45, 7) is 5.54. The van der Waals surface area contributed by atoms with E-state index in [0.717, 1.165) is 10.8 Å². The van der Waals surface area contributed by atoms with Crippen LogP contribution in [0.25, 0.3) is 0 Å². The van der Waals surface area contributed by atoms with Crippen molar-refractivity contribution in [2.75, 3.05) is 6.61 Å². The van der Waals surface area contributed by atoms with Crippen LogP contribution in [0.5, 0.6) is 0 Å². The van der Waals surface area contributed by atoms with Gasteiger partial charge < -0.3 is 19.7 Å². The molecule has 1 aliphatic heterocycles. The molecular weight excluding hydrogens is 433 g/mol. The number of hydrogen-bond donors (Lipinski definition) is 4. The van der Waals surface area contributed by atoms with Crippen LogP contribution < -0.4 is 16.3 Å². The first-order chi connectivity index (χ1) is 14.4. The number of aryl methyl sites for hydroxylation is 1. The lowest BCUT2D eigenvalue weighted by molar-refractivity contribution is -0.149. The Bertz CT molecular complexity index is 998. The van der Waals surface area contributed by atoms with E-state index in [1.807, 2.05) is 0 Å². The highest BCUT2D eigenvalue weighted by atomic mass is 31.1. The van der Waals surface area contributed by atoms with Gasteiger partial charge in [-0.1, -0.05) is 11.0 Å². The minimum atomic E-state index is -2.63. The zero-order chi connectivity index (χ0) is 23.5. The molecule has 12 nitrogen and oxygen atoms in total. The van der Waals surface area contributed by atoms with Crippen LogP contribution in [-0.4, -0.2) is 62.3 Å². The number of aromatic amines is 1. The maximum Gasteiger partial charge on any atom is 0.613 e. The Morgan fingerprint density at radius 1 is 1.45 bits per heavy atom. The van der Waals surface area contributed by atoms with Gasteiger partial charge in [0, 0.05) is 11.8 Å². The molecule has 13 heteroatoms. The van der Waals surface area contributed by atoms with Gasteiger partial charge >= 0.3 is 19.8 Å². The van der Waals surface area contributed by atoms with Gasteiger partial charge in [0.15, 0.2) is 11.8 Å². The van der Waals surface area contributed by atoms with Crippen LogP contribution in [0.1, 0.15) is 32.6 Å². The summed E-state index contributed by atoms with van der Waals surface area (Å²) >= 11 is 0. The van der Waals surface area contributed by atoms with Crippen molar-refractivity contribution in [2.45, 2.75) is 63.9 Å². The fourth-order valence-electron chi connectivity index (χ4n) is 2.80. The average Bonchev–Trinajstić information content (AvgIpc) is 2.94. The van der Waals surface area contributed by atoms with Gasteiger partial charge in [-0.3, -0.25) is 19.1 Å². The summed E-state index contributed by atoms with van der Waals surface area (Å²) in [5.74, 6) is 1.52. The summed E-state index contributed by atoms with van der Waals surface area (Å²) in [5.41, 5.74) is -3.30. The molecule has 0 aromatic carbocycles. The monoisotopic (exact) mass is 458 g/mol. The third-order valence-electron chi connectivity index (χ3n) is 4.49. The average molecular weight is 458 g/mol. The highest BCUT2D eigenvalue weighted by Gasteiger charge is 2.56. The number of carbonyl (C=O) groups is 1. The number of aliphatic hydroxyl groups is 2. The van der Waals surface area contributed by atoms with Crippen LogP contribution in [0.2, 0.25) is 0 Å². The van der Waals surface area contributed by atoms with Crippen molar-refractivity contribution in [1.29, 1.82) is 0 Å². The summed E-state index contributed by atoms with van der Waals surface area (Å²) in [6, 6.07) is -0.955. The van der Waals surface area contributed by atoms with Gasteiger partial charge in [0.1, 0.15) is 24.9 Å². The molecule has 1 fully saturated rings. The van der Waals surface area contributed by atoms with Crippen molar-refractivity contribution in [3.05, 3.63) is 32.6 Å². The van der Waals surface area contributed by atoms with Crippen molar-refractivity contribution < 1.29 is 33.6 Å². The van der Waals surface area contributed by atoms with Crippen LogP contribution in [0, 0.1) is 19.3 Å². The number of aromatic nitrogens is 2. The number of nitrogens with one attached hydrogen (secondary N) is 2. The molecule has 31 heavy (non-hydrogen) atoms. The van der Waals surface area contributed by atoms with Crippen molar-refractivity contribution >= 4 is 14.1 Å². The number of carbonyl (C=O) groups excluding carboxylic acids is 1. The van der Waals surface area contributed by atoms with Crippen LogP contribution in [0.3, 0.4) is 0 Å². The predicted molar refractivity (Wildman–Crippen MR) is 107 cm³/mol. The number of ether oxygens (including phenoxy) is 2. The van der Waals surface area contributed by atoms with E-state index >= 15 is 0 Å². The van der Waals surface area contributed by atoms with Crippen molar-refractivity contribution in [3.63, 3.8) is 0 Å². The molecule has 0 aliphatic carbocycles. The van der Waals surface area contributed by atoms with Gasteiger partial charge in [-0.15, -0.1) is 10.9 Å². The normalized spacial score (nSPS) is 27.0. The summed E-state index contributed by atoms with van der Waals surface area (Å²) in [4.78, 5) is 37.5. The van der Waals surface area contributed by atoms with E-state index in [2.05, 4.69) is 16.0 Å². The van der Waals surface area contributed by atoms with Crippen LogP contribution in [-0.2, 0) is 23.4 Å². The molecular formula is C18H25N3O9P+. The zero-order valence-electron chi connectivity index (χ0n) is 17.4. The smallest absolute Gasteiger partial charge is 0.462 e. The van der Waals surface area contributed by atoms with Crippen molar-refractivity contribution in [3.8, 4) is 12.3 Å². The summed E-state index contributed by atoms with van der Waals surface area (Å²) in [6.07, 6.45) is 1.46. The van der Waals surface area contributed by atoms with E-state index in [9.17, 15) is 29.2 Å². The lowest BCUT2D eigenvalue weighted by Gasteiger charge is -2.23. The topological polar surface area (TPSA) is 169 Å². The maximum atomic E-state index is 12.2. The predicted octanol–water partition coefficient (Wildman–Crippen LogP) is -0.929. The number of terminal acetylenes is 1. The number of H-pyrrole nitrogens is 1. The molecule has 4 N–H and O–H groups in total. The van der Waals surface area contributed by atoms with Crippen LogP contribution in [0.15, 0.2) is 15.8 Å². The molecule has 1 aliphatic rings. The van der Waals surface area contributed by atoms with E-state index in [1.54, 1.807) is 13.8 Å². The third-order valence-corrected chi connectivity index (χ3v) is 5.45. The molecule has 0 saturated carbocycles. The Balaban J connectivity index is 2.13. The molecule has 0 spiro atoms. The quantitative estimate of drug-likeness (QED) is 0.217. The van der Waals surface area contributed by atoms with Gasteiger partial charge in [-0.25, -0.2) is 4.79 Å². The Kier molecular flexibility index (Phi) is 7.88. The van der Waals surface area contributed by atoms with E-state index in [-0.39, 0.29) is 11.7 Å². The Morgan fingerprint density at radius 2 is 2.10 bits per heavy atom. The van der Waals surface area contributed by atoms with Gasteiger partial charge in [0.05, 0.1) is 6.10 Å². The lowest BCUT2D eigenvalue weighted by Crippen LogP contribution is -2.45. The van der Waals surface area contributed by atoms with Gasteiger partial charge in [-0.2, -0.15) is 0 Å². The lowest BCUT2D eigenvalue weighted by atomic mass is 9.97. The van der Waals surface area contributed by atoms with Gasteiger partial charge in [0.2, 0.25) is 0 Å². The summed E-state index contributed by atoms with van der Waals surface area (Å²) in [7, 11) is -2.63. The largest absolute Gasteiger partial charge is 0.613 e. The Labute approximate surface area is 178 Å². The first kappa shape index (κ1) is 24.9. The molecule has 0 bridgehead atoms. The first-order valence-electron chi connectivity index (χ1n) is 9.32. The van der Waals surface area contributed by atoms with E-state index < -0.39 is 62.1 Å². The molecule has 1 saturated heterocycles. The van der Waals surface area contributed by atoms with E-state index in [1.165, 1.54) is 13.8 Å². The molecule has 170 valence electrons. The summed E-state index contributed by atoms with van der Waals surface area (Å²) < 4.78 is 28.7.